The van der Waals surface area contributed by atoms with E-state index >= 15 is 0 Å². The van der Waals surface area contributed by atoms with Crippen LogP contribution in [-0.4, -0.2) is 41.0 Å². The van der Waals surface area contributed by atoms with Gasteiger partial charge >= 0.3 is 17.6 Å². The molecule has 1 aromatic heterocycles. The van der Waals surface area contributed by atoms with Gasteiger partial charge in [-0.15, -0.1) is 0 Å². The highest BCUT2D eigenvalue weighted by atomic mass is 16.5. The molecule has 0 bridgehead atoms. The van der Waals surface area contributed by atoms with E-state index in [0.717, 1.165) is 12.2 Å². The quantitative estimate of drug-likeness (QED) is 0.225. The van der Waals surface area contributed by atoms with Gasteiger partial charge in [-0.25, -0.2) is 14.4 Å². The minimum atomic E-state index is -0.715. The minimum absolute atomic E-state index is 0.0496. The Morgan fingerprint density at radius 2 is 1.57 bits per heavy atom. The fourth-order valence-electron chi connectivity index (χ4n) is 2.50. The van der Waals surface area contributed by atoms with Crippen LogP contribution in [0.2, 0.25) is 0 Å². The Morgan fingerprint density at radius 3 is 2.17 bits per heavy atom. The van der Waals surface area contributed by atoms with E-state index in [4.69, 9.17) is 9.47 Å². The van der Waals surface area contributed by atoms with Gasteiger partial charge < -0.3 is 25.1 Å². The van der Waals surface area contributed by atoms with Gasteiger partial charge in [-0.05, 0) is 25.7 Å². The van der Waals surface area contributed by atoms with Crippen molar-refractivity contribution in [2.24, 2.45) is 0 Å². The SMILES string of the molecule is C=C1NC(=O)C=C(CCCOC(=O)/C=C/C(=O)OCCCc2cc(=O)[nH]c(=O)[nH]2)N1. The number of ether oxygens (including phenoxy) is 2. The molecule has 160 valence electrons. The van der Waals surface area contributed by atoms with Crippen LogP contribution in [0.5, 0.6) is 0 Å². The van der Waals surface area contributed by atoms with Crippen LogP contribution >= 0.6 is 0 Å². The average Bonchev–Trinajstić information content (AvgIpc) is 2.65. The maximum absolute atomic E-state index is 11.6. The summed E-state index contributed by atoms with van der Waals surface area (Å²) in [4.78, 5) is 61.3. The number of nitrogens with one attached hydrogen (secondary N) is 4. The van der Waals surface area contributed by atoms with Crippen LogP contribution in [0.25, 0.3) is 0 Å². The van der Waals surface area contributed by atoms with Gasteiger partial charge in [0.15, 0.2) is 0 Å². The minimum Gasteiger partial charge on any atom is -0.463 e. The van der Waals surface area contributed by atoms with E-state index < -0.39 is 23.2 Å². The normalized spacial score (nSPS) is 13.4. The highest BCUT2D eigenvalue weighted by Gasteiger charge is 2.11. The molecule has 2 heterocycles. The van der Waals surface area contributed by atoms with E-state index in [-0.39, 0.29) is 19.1 Å². The predicted molar refractivity (Wildman–Crippen MR) is 105 cm³/mol. The molecule has 0 saturated carbocycles. The van der Waals surface area contributed by atoms with Crippen molar-refractivity contribution in [3.8, 4) is 0 Å². The molecule has 0 fully saturated rings. The molecule has 1 aliphatic heterocycles. The average molecular weight is 418 g/mol. The fraction of sp³-hybridized carbons (Fsp3) is 0.316. The summed E-state index contributed by atoms with van der Waals surface area (Å²) in [5.41, 5.74) is -0.000324. The van der Waals surface area contributed by atoms with Crippen molar-refractivity contribution in [1.82, 2.24) is 20.6 Å². The van der Waals surface area contributed by atoms with Crippen LogP contribution in [0.15, 0.2) is 52.0 Å². The highest BCUT2D eigenvalue weighted by molar-refractivity contribution is 5.91. The summed E-state index contributed by atoms with van der Waals surface area (Å²) in [5, 5.41) is 5.39. The zero-order valence-corrected chi connectivity index (χ0v) is 16.1. The molecular weight excluding hydrogens is 396 g/mol. The van der Waals surface area contributed by atoms with Gasteiger partial charge in [0.05, 0.1) is 13.2 Å². The molecule has 11 nitrogen and oxygen atoms in total. The van der Waals surface area contributed by atoms with Gasteiger partial charge in [-0.2, -0.15) is 0 Å². The summed E-state index contributed by atoms with van der Waals surface area (Å²) in [5.74, 6) is -1.28. The highest BCUT2D eigenvalue weighted by Crippen LogP contribution is 2.07. The third-order valence-electron chi connectivity index (χ3n) is 3.73. The molecule has 1 aromatic rings. The largest absolute Gasteiger partial charge is 0.463 e. The van der Waals surface area contributed by atoms with E-state index in [9.17, 15) is 24.0 Å². The van der Waals surface area contributed by atoms with Crippen LogP contribution in [0, 0.1) is 0 Å². The summed E-state index contributed by atoms with van der Waals surface area (Å²) in [6.07, 6.45) is 5.02. The summed E-state index contributed by atoms with van der Waals surface area (Å²) >= 11 is 0. The van der Waals surface area contributed by atoms with Gasteiger partial charge in [0.25, 0.3) is 11.5 Å². The standard InChI is InChI=1S/C19H22N4O7/c1-12-20-13(10-15(24)21-12)4-2-8-29-17(26)6-7-18(27)30-9-3-5-14-11-16(25)23-19(28)22-14/h6-7,10-11,20H,1-5,8-9H2,(H,21,24)(H2,22,23,25,28)/b7-6+. The molecule has 1 aliphatic rings. The van der Waals surface area contributed by atoms with Gasteiger partial charge in [0.1, 0.15) is 5.82 Å². The molecule has 11 heteroatoms. The molecule has 0 spiro atoms. The summed E-state index contributed by atoms with van der Waals surface area (Å²) < 4.78 is 9.89. The number of allylic oxidation sites excluding steroid dienone is 1. The lowest BCUT2D eigenvalue weighted by atomic mass is 10.2. The molecule has 0 atom stereocenters. The molecule has 1 amide bonds. The second-order valence-electron chi connectivity index (χ2n) is 6.25. The van der Waals surface area contributed by atoms with Gasteiger partial charge in [-0.3, -0.25) is 14.6 Å². The first-order valence-electron chi connectivity index (χ1n) is 9.13. The number of amides is 1. The Morgan fingerprint density at radius 1 is 0.933 bits per heavy atom. The van der Waals surface area contributed by atoms with Crippen LogP contribution < -0.4 is 21.9 Å². The van der Waals surface area contributed by atoms with Crippen molar-refractivity contribution < 1.29 is 23.9 Å². The van der Waals surface area contributed by atoms with E-state index in [1.54, 1.807) is 0 Å². The lowest BCUT2D eigenvalue weighted by Crippen LogP contribution is -2.34. The van der Waals surface area contributed by atoms with E-state index in [2.05, 4.69) is 27.2 Å². The molecular formula is C19H22N4O7. The van der Waals surface area contributed by atoms with Crippen molar-refractivity contribution in [1.29, 1.82) is 0 Å². The molecule has 0 radical (unpaired) electrons. The number of H-pyrrole nitrogens is 2. The lowest BCUT2D eigenvalue weighted by molar-refractivity contribution is -0.140. The lowest BCUT2D eigenvalue weighted by Gasteiger charge is -2.18. The Balaban J connectivity index is 1.59. The summed E-state index contributed by atoms with van der Waals surface area (Å²) in [7, 11) is 0. The summed E-state index contributed by atoms with van der Waals surface area (Å²) in [6, 6.07) is 1.26. The first-order chi connectivity index (χ1) is 14.3. The van der Waals surface area contributed by atoms with Crippen molar-refractivity contribution in [3.05, 3.63) is 68.9 Å². The smallest absolute Gasteiger partial charge is 0.331 e. The molecule has 0 aliphatic carbocycles. The number of aromatic amines is 2. The number of carbonyl (C=O) groups is 3. The molecule has 0 unspecified atom stereocenters. The second kappa shape index (κ2) is 11.2. The third-order valence-corrected chi connectivity index (χ3v) is 3.73. The Kier molecular flexibility index (Phi) is 8.36. The number of carbonyl (C=O) groups excluding carboxylic acids is 3. The Labute approximate surface area is 170 Å². The number of esters is 2. The Bertz CT molecular complexity index is 959. The molecule has 4 N–H and O–H groups in total. The second-order valence-corrected chi connectivity index (χ2v) is 6.25. The van der Waals surface area contributed by atoms with Gasteiger partial charge in [0.2, 0.25) is 0 Å². The fourth-order valence-corrected chi connectivity index (χ4v) is 2.50. The van der Waals surface area contributed by atoms with E-state index in [1.807, 2.05) is 0 Å². The molecule has 0 aromatic carbocycles. The van der Waals surface area contributed by atoms with E-state index in [1.165, 1.54) is 12.1 Å². The zero-order valence-electron chi connectivity index (χ0n) is 16.1. The number of hydrogen-bond donors (Lipinski definition) is 4. The van der Waals surface area contributed by atoms with Crippen LogP contribution in [-0.2, 0) is 30.3 Å². The van der Waals surface area contributed by atoms with Crippen LogP contribution in [0.4, 0.5) is 0 Å². The first kappa shape index (κ1) is 22.4. The maximum atomic E-state index is 11.6. The van der Waals surface area contributed by atoms with Crippen LogP contribution in [0.1, 0.15) is 25.0 Å². The number of rotatable bonds is 10. The molecule has 30 heavy (non-hydrogen) atoms. The van der Waals surface area contributed by atoms with Crippen LogP contribution in [0.3, 0.4) is 0 Å². The predicted octanol–water partition coefficient (Wildman–Crippen LogP) is -0.507. The third kappa shape index (κ3) is 8.42. The van der Waals surface area contributed by atoms with Crippen molar-refractivity contribution in [2.45, 2.75) is 25.7 Å². The monoisotopic (exact) mass is 418 g/mol. The van der Waals surface area contributed by atoms with Gasteiger partial charge in [0, 0.05) is 35.7 Å². The van der Waals surface area contributed by atoms with E-state index in [0.29, 0.717) is 42.9 Å². The summed E-state index contributed by atoms with van der Waals surface area (Å²) in [6.45, 7) is 3.77. The first-order valence-corrected chi connectivity index (χ1v) is 9.13. The van der Waals surface area contributed by atoms with Gasteiger partial charge in [-0.1, -0.05) is 6.58 Å². The molecule has 2 rings (SSSR count). The maximum Gasteiger partial charge on any atom is 0.331 e. The number of aromatic nitrogens is 2. The van der Waals surface area contributed by atoms with Crippen molar-refractivity contribution in [2.75, 3.05) is 13.2 Å². The van der Waals surface area contributed by atoms with Crippen molar-refractivity contribution in [3.63, 3.8) is 0 Å². The number of hydrogen-bond acceptors (Lipinski definition) is 8. The molecule has 0 saturated heterocycles. The topological polar surface area (TPSA) is 159 Å². The zero-order chi connectivity index (χ0) is 21.9. The Hall–Kier alpha value is -3.89. The number of aryl methyl sites for hydroxylation is 1. The van der Waals surface area contributed by atoms with Crippen molar-refractivity contribution >= 4 is 17.8 Å².